The maximum absolute atomic E-state index is 12.6. The van der Waals surface area contributed by atoms with Crippen LogP contribution in [0.25, 0.3) is 0 Å². The molecule has 1 fully saturated rings. The van der Waals surface area contributed by atoms with E-state index in [2.05, 4.69) is 4.18 Å². The Morgan fingerprint density at radius 3 is 2.53 bits per heavy atom. The van der Waals surface area contributed by atoms with E-state index < -0.39 is 28.0 Å². The van der Waals surface area contributed by atoms with E-state index in [-0.39, 0.29) is 17.9 Å². The lowest BCUT2D eigenvalue weighted by molar-refractivity contribution is 0.0302. The molecule has 0 aromatic heterocycles. The number of halogens is 1. The minimum Gasteiger partial charge on any atom is -0.455 e. The maximum Gasteiger partial charge on any atom is 0.338 e. The van der Waals surface area contributed by atoms with Gasteiger partial charge in [-0.05, 0) is 24.3 Å². The van der Waals surface area contributed by atoms with Gasteiger partial charge in [0, 0.05) is 0 Å². The molecule has 5 nitrogen and oxygen atoms in total. The van der Waals surface area contributed by atoms with Crippen molar-refractivity contribution in [2.75, 3.05) is 12.4 Å². The zero-order valence-electron chi connectivity index (χ0n) is 8.63. The van der Waals surface area contributed by atoms with E-state index in [1.165, 1.54) is 12.1 Å². The molecule has 0 N–H and O–H groups in total. The second-order valence-electron chi connectivity index (χ2n) is 3.54. The molecule has 17 heavy (non-hydrogen) atoms. The number of hydrogen-bond donors (Lipinski definition) is 0. The molecule has 0 spiro atoms. The summed E-state index contributed by atoms with van der Waals surface area (Å²) < 4.78 is 43.8. The lowest BCUT2D eigenvalue weighted by Crippen LogP contribution is -2.21. The number of benzene rings is 1. The van der Waals surface area contributed by atoms with Gasteiger partial charge in [0.1, 0.15) is 24.3 Å². The Labute approximate surface area is 97.3 Å². The molecule has 1 aliphatic heterocycles. The molecule has 7 heteroatoms. The highest BCUT2D eigenvalue weighted by Crippen LogP contribution is 2.14. The summed E-state index contributed by atoms with van der Waals surface area (Å²) in [6.45, 7) is -0.171. The van der Waals surface area contributed by atoms with Gasteiger partial charge >= 0.3 is 5.97 Å². The second-order valence-corrected chi connectivity index (χ2v) is 5.23. The van der Waals surface area contributed by atoms with Gasteiger partial charge in [-0.3, -0.25) is 4.18 Å². The molecule has 1 unspecified atom stereocenters. The molecular weight excluding hydrogens is 251 g/mol. The van der Waals surface area contributed by atoms with Crippen molar-refractivity contribution in [2.24, 2.45) is 0 Å². The monoisotopic (exact) mass is 260 g/mol. The van der Waals surface area contributed by atoms with E-state index in [0.29, 0.717) is 0 Å². The van der Waals surface area contributed by atoms with E-state index in [1.54, 1.807) is 0 Å². The van der Waals surface area contributed by atoms with Crippen molar-refractivity contribution in [3.63, 3.8) is 0 Å². The number of carbonyl (C=O) groups excluding carboxylic acids is 1. The quantitative estimate of drug-likeness (QED) is 0.578. The average Bonchev–Trinajstić information content (AvgIpc) is 2.59. The van der Waals surface area contributed by atoms with Crippen LogP contribution < -0.4 is 0 Å². The van der Waals surface area contributed by atoms with Crippen LogP contribution in [-0.4, -0.2) is 32.9 Å². The minimum atomic E-state index is -3.57. The number of esters is 1. The summed E-state index contributed by atoms with van der Waals surface area (Å²) in [5, 5.41) is 0. The fourth-order valence-corrected chi connectivity index (χ4v) is 2.45. The second kappa shape index (κ2) is 4.42. The summed E-state index contributed by atoms with van der Waals surface area (Å²) in [7, 11) is -3.57. The van der Waals surface area contributed by atoms with Crippen LogP contribution in [0.3, 0.4) is 0 Å². The standard InChI is InChI=1S/C10H9FO5S/c11-8-3-1-7(2-4-8)10(12)16-9-5-15-17(13,14)6-9/h1-4,9H,5-6H2. The fourth-order valence-electron chi connectivity index (χ4n) is 1.38. The van der Waals surface area contributed by atoms with Gasteiger partial charge in [0.05, 0.1) is 5.56 Å². The first-order valence-corrected chi connectivity index (χ1v) is 6.38. The molecule has 0 bridgehead atoms. The lowest BCUT2D eigenvalue weighted by atomic mass is 10.2. The minimum absolute atomic E-state index is 0.163. The van der Waals surface area contributed by atoms with Crippen molar-refractivity contribution >= 4 is 16.1 Å². The molecule has 0 amide bonds. The van der Waals surface area contributed by atoms with Crippen LogP contribution in [-0.2, 0) is 19.0 Å². The van der Waals surface area contributed by atoms with Gasteiger partial charge in [-0.15, -0.1) is 0 Å². The molecule has 92 valence electrons. The average molecular weight is 260 g/mol. The summed E-state index contributed by atoms with van der Waals surface area (Å²) in [6.07, 6.45) is -0.808. The van der Waals surface area contributed by atoms with Crippen molar-refractivity contribution < 1.29 is 26.5 Å². The van der Waals surface area contributed by atoms with Crippen molar-refractivity contribution in [3.8, 4) is 0 Å². The Kier molecular flexibility index (Phi) is 3.12. The number of rotatable bonds is 2. The van der Waals surface area contributed by atoms with Gasteiger partial charge in [0.15, 0.2) is 0 Å². The van der Waals surface area contributed by atoms with E-state index in [9.17, 15) is 17.6 Å². The normalized spacial score (nSPS) is 22.3. The summed E-state index contributed by atoms with van der Waals surface area (Å²) >= 11 is 0. The summed E-state index contributed by atoms with van der Waals surface area (Å²) in [6, 6.07) is 4.78. The zero-order chi connectivity index (χ0) is 12.5. The Bertz CT molecular complexity index is 522. The number of carbonyl (C=O) groups is 1. The van der Waals surface area contributed by atoms with Crippen molar-refractivity contribution in [3.05, 3.63) is 35.6 Å². The fraction of sp³-hybridized carbons (Fsp3) is 0.300. The third-order valence-electron chi connectivity index (χ3n) is 2.18. The van der Waals surface area contributed by atoms with Crippen LogP contribution in [0.15, 0.2) is 24.3 Å². The highest BCUT2D eigenvalue weighted by Gasteiger charge is 2.32. The van der Waals surface area contributed by atoms with E-state index >= 15 is 0 Å². The molecule has 2 rings (SSSR count). The molecule has 0 aliphatic carbocycles. The van der Waals surface area contributed by atoms with Crippen LogP contribution in [0.1, 0.15) is 10.4 Å². The molecule has 0 radical (unpaired) electrons. The SMILES string of the molecule is O=C(OC1COS(=O)(=O)C1)c1ccc(F)cc1. The van der Waals surface area contributed by atoms with Crippen LogP contribution in [0, 0.1) is 5.82 Å². The zero-order valence-corrected chi connectivity index (χ0v) is 9.44. The van der Waals surface area contributed by atoms with E-state index in [1.807, 2.05) is 0 Å². The van der Waals surface area contributed by atoms with Gasteiger partial charge in [-0.2, -0.15) is 8.42 Å². The highest BCUT2D eigenvalue weighted by molar-refractivity contribution is 7.87. The summed E-state index contributed by atoms with van der Waals surface area (Å²) in [4.78, 5) is 11.5. The van der Waals surface area contributed by atoms with Crippen LogP contribution in [0.5, 0.6) is 0 Å². The molecule has 1 heterocycles. The third-order valence-corrected chi connectivity index (χ3v) is 3.45. The van der Waals surface area contributed by atoms with Crippen LogP contribution >= 0.6 is 0 Å². The molecular formula is C10H9FO5S. The lowest BCUT2D eigenvalue weighted by Gasteiger charge is -2.08. The molecule has 1 atom stereocenters. The summed E-state index contributed by atoms with van der Waals surface area (Å²) in [5.74, 6) is -1.51. The summed E-state index contributed by atoms with van der Waals surface area (Å²) in [5.41, 5.74) is 0.163. The first-order valence-electron chi connectivity index (χ1n) is 4.80. The van der Waals surface area contributed by atoms with Gasteiger partial charge in [0.25, 0.3) is 10.1 Å². The number of hydrogen-bond acceptors (Lipinski definition) is 5. The van der Waals surface area contributed by atoms with Crippen molar-refractivity contribution in [1.29, 1.82) is 0 Å². The van der Waals surface area contributed by atoms with Gasteiger partial charge in [0.2, 0.25) is 0 Å². The maximum atomic E-state index is 12.6. The molecule has 1 aromatic carbocycles. The van der Waals surface area contributed by atoms with Crippen molar-refractivity contribution in [1.82, 2.24) is 0 Å². The Hall–Kier alpha value is -1.47. The van der Waals surface area contributed by atoms with Gasteiger partial charge < -0.3 is 4.74 Å². The van der Waals surface area contributed by atoms with Crippen LogP contribution in [0.4, 0.5) is 4.39 Å². The smallest absolute Gasteiger partial charge is 0.338 e. The predicted molar refractivity (Wildman–Crippen MR) is 55.3 cm³/mol. The molecule has 1 aliphatic rings. The van der Waals surface area contributed by atoms with Gasteiger partial charge in [-0.1, -0.05) is 0 Å². The first kappa shape index (κ1) is 12.0. The first-order chi connectivity index (χ1) is 7.96. The van der Waals surface area contributed by atoms with Crippen molar-refractivity contribution in [2.45, 2.75) is 6.10 Å². The molecule has 1 aromatic rings. The Morgan fingerprint density at radius 2 is 2.00 bits per heavy atom. The van der Waals surface area contributed by atoms with E-state index in [0.717, 1.165) is 12.1 Å². The number of ether oxygens (including phenoxy) is 1. The molecule has 1 saturated heterocycles. The largest absolute Gasteiger partial charge is 0.455 e. The Balaban J connectivity index is 2.01. The van der Waals surface area contributed by atoms with E-state index in [4.69, 9.17) is 4.74 Å². The van der Waals surface area contributed by atoms with Crippen LogP contribution in [0.2, 0.25) is 0 Å². The highest BCUT2D eigenvalue weighted by atomic mass is 32.2. The predicted octanol–water partition coefficient (Wildman–Crippen LogP) is 0.711. The van der Waals surface area contributed by atoms with Gasteiger partial charge in [-0.25, -0.2) is 9.18 Å². The molecule has 0 saturated carbocycles. The topological polar surface area (TPSA) is 69.7 Å². The Morgan fingerprint density at radius 1 is 1.35 bits per heavy atom. The third kappa shape index (κ3) is 3.01.